The summed E-state index contributed by atoms with van der Waals surface area (Å²) in [6.45, 7) is 2.17. The number of nitrogens with one attached hydrogen (secondary N) is 3. The smallest absolute Gasteiger partial charge is 0.223 e. The molecule has 1 aliphatic rings. The van der Waals surface area contributed by atoms with Gasteiger partial charge >= 0.3 is 0 Å². The highest BCUT2D eigenvalue weighted by Gasteiger charge is 2.28. The van der Waals surface area contributed by atoms with Crippen LogP contribution in [-0.4, -0.2) is 29.2 Å². The number of rotatable bonds is 7. The minimum atomic E-state index is 0.199. The van der Waals surface area contributed by atoms with E-state index in [2.05, 4.69) is 33.0 Å². The zero-order valence-electron chi connectivity index (χ0n) is 11.9. The van der Waals surface area contributed by atoms with Gasteiger partial charge in [-0.3, -0.25) is 9.89 Å². The molecule has 0 aliphatic heterocycles. The van der Waals surface area contributed by atoms with Crippen molar-refractivity contribution in [2.24, 2.45) is 5.92 Å². The molecule has 0 saturated heterocycles. The average Bonchev–Trinajstić information content (AvgIpc) is 3.27. The van der Waals surface area contributed by atoms with E-state index in [1.807, 2.05) is 24.4 Å². The maximum Gasteiger partial charge on any atom is 0.223 e. The molecular formula is C16H20N4O. The Kier molecular flexibility index (Phi) is 4.31. The molecule has 1 heterocycles. The van der Waals surface area contributed by atoms with Crippen LogP contribution in [0.1, 0.15) is 18.4 Å². The molecule has 1 aliphatic carbocycles. The number of aromatic nitrogens is 2. The Bertz CT molecular complexity index is 589. The van der Waals surface area contributed by atoms with E-state index in [1.54, 1.807) is 0 Å². The van der Waals surface area contributed by atoms with E-state index in [9.17, 15) is 4.79 Å². The predicted molar refractivity (Wildman–Crippen MR) is 81.5 cm³/mol. The van der Waals surface area contributed by atoms with Crippen molar-refractivity contribution in [2.75, 3.05) is 13.1 Å². The van der Waals surface area contributed by atoms with Gasteiger partial charge in [0.1, 0.15) is 0 Å². The Morgan fingerprint density at radius 3 is 2.81 bits per heavy atom. The van der Waals surface area contributed by atoms with Crippen LogP contribution in [0.15, 0.2) is 36.5 Å². The molecule has 21 heavy (non-hydrogen) atoms. The largest absolute Gasteiger partial charge is 0.355 e. The third-order valence-corrected chi connectivity index (χ3v) is 3.64. The first-order valence-electron chi connectivity index (χ1n) is 7.40. The molecule has 0 unspecified atom stereocenters. The maximum atomic E-state index is 11.5. The molecule has 0 bridgehead atoms. The van der Waals surface area contributed by atoms with Crippen molar-refractivity contribution in [3.8, 4) is 11.3 Å². The van der Waals surface area contributed by atoms with Gasteiger partial charge in [0.25, 0.3) is 0 Å². The molecule has 3 rings (SSSR count). The molecule has 5 nitrogen and oxygen atoms in total. The number of aromatic amines is 1. The molecule has 0 atom stereocenters. The summed E-state index contributed by atoms with van der Waals surface area (Å²) in [6.07, 6.45) is 3.95. The molecular weight excluding hydrogens is 264 g/mol. The highest BCUT2D eigenvalue weighted by Crippen LogP contribution is 2.28. The summed E-state index contributed by atoms with van der Waals surface area (Å²) in [5.74, 6) is 0.480. The zero-order valence-corrected chi connectivity index (χ0v) is 11.9. The van der Waals surface area contributed by atoms with Gasteiger partial charge in [-0.15, -0.1) is 0 Å². The Hall–Kier alpha value is -2.14. The summed E-state index contributed by atoms with van der Waals surface area (Å²) < 4.78 is 0. The van der Waals surface area contributed by atoms with Crippen LogP contribution in [0, 0.1) is 5.92 Å². The van der Waals surface area contributed by atoms with Crippen molar-refractivity contribution < 1.29 is 4.79 Å². The Labute approximate surface area is 124 Å². The van der Waals surface area contributed by atoms with Gasteiger partial charge < -0.3 is 10.6 Å². The summed E-state index contributed by atoms with van der Waals surface area (Å²) in [5, 5.41) is 13.5. The molecule has 3 N–H and O–H groups in total. The second-order valence-electron chi connectivity index (χ2n) is 5.38. The Balaban J connectivity index is 1.45. The van der Waals surface area contributed by atoms with Gasteiger partial charge in [-0.2, -0.15) is 5.10 Å². The maximum absolute atomic E-state index is 11.5. The minimum Gasteiger partial charge on any atom is -0.355 e. The van der Waals surface area contributed by atoms with Crippen LogP contribution < -0.4 is 10.6 Å². The number of amides is 1. The quantitative estimate of drug-likeness (QED) is 0.678. The second kappa shape index (κ2) is 6.54. The van der Waals surface area contributed by atoms with Gasteiger partial charge in [0.2, 0.25) is 5.91 Å². The first-order chi connectivity index (χ1) is 10.3. The first-order valence-corrected chi connectivity index (χ1v) is 7.40. The van der Waals surface area contributed by atoms with Crippen LogP contribution in [-0.2, 0) is 11.3 Å². The van der Waals surface area contributed by atoms with Crippen LogP contribution >= 0.6 is 0 Å². The van der Waals surface area contributed by atoms with Crippen molar-refractivity contribution in [2.45, 2.75) is 19.4 Å². The third-order valence-electron chi connectivity index (χ3n) is 3.64. The van der Waals surface area contributed by atoms with Crippen molar-refractivity contribution >= 4 is 5.91 Å². The number of H-pyrrole nitrogens is 1. The molecule has 1 aromatic carbocycles. The fraction of sp³-hybridized carbons (Fsp3) is 0.375. The van der Waals surface area contributed by atoms with Gasteiger partial charge in [0.05, 0.1) is 11.9 Å². The molecule has 1 saturated carbocycles. The molecule has 2 aromatic rings. The first kappa shape index (κ1) is 13.8. The van der Waals surface area contributed by atoms with Crippen molar-refractivity contribution in [3.05, 3.63) is 42.1 Å². The molecule has 0 spiro atoms. The van der Waals surface area contributed by atoms with E-state index >= 15 is 0 Å². The van der Waals surface area contributed by atoms with Gasteiger partial charge in [-0.25, -0.2) is 0 Å². The molecule has 5 heteroatoms. The van der Waals surface area contributed by atoms with Crippen LogP contribution in [0.4, 0.5) is 0 Å². The van der Waals surface area contributed by atoms with E-state index in [0.717, 1.165) is 42.8 Å². The molecule has 1 aromatic heterocycles. The minimum absolute atomic E-state index is 0.199. The van der Waals surface area contributed by atoms with E-state index in [1.165, 1.54) is 0 Å². The highest BCUT2D eigenvalue weighted by atomic mass is 16.2. The van der Waals surface area contributed by atoms with Gasteiger partial charge in [-0.1, -0.05) is 30.3 Å². The summed E-state index contributed by atoms with van der Waals surface area (Å²) >= 11 is 0. The van der Waals surface area contributed by atoms with Crippen molar-refractivity contribution in [1.82, 2.24) is 20.8 Å². The zero-order chi connectivity index (χ0) is 14.5. The van der Waals surface area contributed by atoms with Crippen LogP contribution in [0.2, 0.25) is 0 Å². The number of carbonyl (C=O) groups is 1. The lowest BCUT2D eigenvalue weighted by atomic mass is 10.1. The lowest BCUT2D eigenvalue weighted by Crippen LogP contribution is -2.32. The SMILES string of the molecule is O=C(NCCNCc1cn[nH]c1-c1ccccc1)C1CC1. The Morgan fingerprint density at radius 2 is 2.05 bits per heavy atom. The van der Waals surface area contributed by atoms with E-state index in [0.29, 0.717) is 6.54 Å². The molecule has 110 valence electrons. The van der Waals surface area contributed by atoms with E-state index in [-0.39, 0.29) is 11.8 Å². The third kappa shape index (κ3) is 3.70. The highest BCUT2D eigenvalue weighted by molar-refractivity contribution is 5.80. The summed E-state index contributed by atoms with van der Waals surface area (Å²) in [4.78, 5) is 11.5. The van der Waals surface area contributed by atoms with Gasteiger partial charge in [0, 0.05) is 31.1 Å². The molecule has 1 fully saturated rings. The average molecular weight is 284 g/mol. The second-order valence-corrected chi connectivity index (χ2v) is 5.38. The number of hydrogen-bond acceptors (Lipinski definition) is 3. The number of hydrogen-bond donors (Lipinski definition) is 3. The van der Waals surface area contributed by atoms with E-state index in [4.69, 9.17) is 0 Å². The topological polar surface area (TPSA) is 69.8 Å². The normalized spacial score (nSPS) is 14.1. The number of nitrogens with zero attached hydrogens (tertiary/aromatic N) is 1. The lowest BCUT2D eigenvalue weighted by molar-refractivity contribution is -0.122. The summed E-state index contributed by atoms with van der Waals surface area (Å²) in [7, 11) is 0. The van der Waals surface area contributed by atoms with Crippen LogP contribution in [0.5, 0.6) is 0 Å². The number of carbonyl (C=O) groups excluding carboxylic acids is 1. The van der Waals surface area contributed by atoms with Gasteiger partial charge in [0.15, 0.2) is 0 Å². The van der Waals surface area contributed by atoms with Crippen molar-refractivity contribution in [1.29, 1.82) is 0 Å². The predicted octanol–water partition coefficient (Wildman–Crippen LogP) is 1.69. The summed E-state index contributed by atoms with van der Waals surface area (Å²) in [5.41, 5.74) is 3.31. The molecule has 1 amide bonds. The van der Waals surface area contributed by atoms with Gasteiger partial charge in [-0.05, 0) is 18.4 Å². The van der Waals surface area contributed by atoms with Crippen LogP contribution in [0.3, 0.4) is 0 Å². The van der Waals surface area contributed by atoms with Crippen LogP contribution in [0.25, 0.3) is 11.3 Å². The lowest BCUT2D eigenvalue weighted by Gasteiger charge is -2.07. The molecule has 0 radical (unpaired) electrons. The summed E-state index contributed by atoms with van der Waals surface area (Å²) in [6, 6.07) is 10.2. The van der Waals surface area contributed by atoms with E-state index < -0.39 is 0 Å². The fourth-order valence-electron chi connectivity index (χ4n) is 2.29. The van der Waals surface area contributed by atoms with Crippen molar-refractivity contribution in [3.63, 3.8) is 0 Å². The Morgan fingerprint density at radius 1 is 1.24 bits per heavy atom. The standard InChI is InChI=1S/C16H20N4O/c21-16(13-6-7-13)18-9-8-17-10-14-11-19-20-15(14)12-4-2-1-3-5-12/h1-5,11,13,17H,6-10H2,(H,18,21)(H,19,20). The number of benzene rings is 1. The fourth-order valence-corrected chi connectivity index (χ4v) is 2.29. The monoisotopic (exact) mass is 284 g/mol.